The van der Waals surface area contributed by atoms with Crippen molar-refractivity contribution in [1.29, 1.82) is 0 Å². The van der Waals surface area contributed by atoms with Crippen molar-refractivity contribution in [2.45, 2.75) is 105 Å². The van der Waals surface area contributed by atoms with Crippen LogP contribution in [0, 0.1) is 45.3 Å². The zero-order chi connectivity index (χ0) is 29.3. The number of aliphatic hydroxyl groups is 3. The third-order valence-corrected chi connectivity index (χ3v) is 11.5. The molecule has 218 valence electrons. The van der Waals surface area contributed by atoms with Crippen LogP contribution in [0.5, 0.6) is 0 Å². The van der Waals surface area contributed by atoms with Gasteiger partial charge in [-0.05, 0) is 86.5 Å². The fourth-order valence-corrected chi connectivity index (χ4v) is 9.53. The lowest BCUT2D eigenvalue weighted by Gasteiger charge is -2.66. The van der Waals surface area contributed by atoms with E-state index < -0.39 is 34.4 Å². The molecule has 0 heterocycles. The number of rotatable bonds is 7. The number of carbonyl (C=O) groups excluding carboxylic acids is 3. The van der Waals surface area contributed by atoms with E-state index in [4.69, 9.17) is 4.74 Å². The molecule has 0 spiro atoms. The van der Waals surface area contributed by atoms with E-state index in [9.17, 15) is 29.7 Å². The topological polar surface area (TPSA) is 121 Å². The van der Waals surface area contributed by atoms with Gasteiger partial charge in [0.2, 0.25) is 0 Å². The van der Waals surface area contributed by atoms with E-state index in [0.717, 1.165) is 12.8 Å². The van der Waals surface area contributed by atoms with Gasteiger partial charge in [0, 0.05) is 24.4 Å². The normalized spacial score (nSPS) is 40.6. The van der Waals surface area contributed by atoms with Crippen molar-refractivity contribution in [2.24, 2.45) is 45.3 Å². The van der Waals surface area contributed by atoms with E-state index in [1.165, 1.54) is 26.3 Å². The first-order valence-corrected chi connectivity index (χ1v) is 14.5. The number of ether oxygens (including phenoxy) is 1. The highest BCUT2D eigenvalue weighted by atomic mass is 16.5. The summed E-state index contributed by atoms with van der Waals surface area (Å²) in [7, 11) is 0. The van der Waals surface area contributed by atoms with Crippen LogP contribution in [0.3, 0.4) is 0 Å². The molecule has 0 aliphatic heterocycles. The number of carbonyl (C=O) groups is 3. The lowest BCUT2D eigenvalue weighted by molar-refractivity contribution is -0.188. The molecule has 0 bridgehead atoms. The largest absolute Gasteiger partial charge is 0.462 e. The molecule has 2 fully saturated rings. The molecule has 0 saturated heterocycles. The van der Waals surface area contributed by atoms with Crippen molar-refractivity contribution in [3.8, 4) is 0 Å². The van der Waals surface area contributed by atoms with E-state index in [-0.39, 0.29) is 59.3 Å². The number of aliphatic hydroxyl groups excluding tert-OH is 2. The summed E-state index contributed by atoms with van der Waals surface area (Å²) in [5.41, 5.74) is -2.03. The lowest BCUT2D eigenvalue weighted by atomic mass is 9.38. The highest BCUT2D eigenvalue weighted by Crippen LogP contribution is 2.72. The first kappa shape index (κ1) is 30.1. The van der Waals surface area contributed by atoms with Gasteiger partial charge in [-0.15, -0.1) is 0 Å². The molecular weight excluding hydrogens is 496 g/mol. The summed E-state index contributed by atoms with van der Waals surface area (Å²) in [5.74, 6) is -1.04. The summed E-state index contributed by atoms with van der Waals surface area (Å²) < 4.78 is 6.12. The van der Waals surface area contributed by atoms with Gasteiger partial charge in [-0.1, -0.05) is 52.3 Å². The number of Topliss-reactive ketones (excluding diaryl/α,β-unsaturated/α-hetero) is 1. The second-order valence-electron chi connectivity index (χ2n) is 14.5. The van der Waals surface area contributed by atoms with Gasteiger partial charge in [-0.2, -0.15) is 0 Å². The third-order valence-electron chi connectivity index (χ3n) is 11.5. The summed E-state index contributed by atoms with van der Waals surface area (Å²) in [6.45, 7) is 14.7. The Hall–Kier alpha value is -1.83. The van der Waals surface area contributed by atoms with Crippen molar-refractivity contribution in [1.82, 2.24) is 0 Å². The van der Waals surface area contributed by atoms with Crippen molar-refractivity contribution in [2.75, 3.05) is 6.61 Å². The van der Waals surface area contributed by atoms with Gasteiger partial charge in [0.1, 0.15) is 17.8 Å². The Morgan fingerprint density at radius 1 is 1.15 bits per heavy atom. The van der Waals surface area contributed by atoms with Crippen LogP contribution in [0.25, 0.3) is 0 Å². The average Bonchev–Trinajstić information content (AvgIpc) is 3.18. The SMILES string of the molecule is CC(=O)O[C@@H]1C[C@@H]2C(C)(C)C(=O)C=C[C@]2(C)[C@H]2CC[C@]3(C)C(=CC[C@H]3[C@@H](CO)C[C@@H](O)C(=O)C(C)(C)O)[C@@]21C. The van der Waals surface area contributed by atoms with E-state index in [1.807, 2.05) is 13.8 Å². The standard InChI is InChI=1S/C32H48O7/c1-18(34)39-26-16-24-28(2,3)25(36)12-14-31(24,7)23-11-13-30(6)20(9-10-22(30)32(23,26)8)19(17-33)15-21(35)27(37)29(4,5)38/h10,12,14,19-21,23-24,26,33,35,38H,9,11,13,15-17H2,1-8H3/t19-,20+,21-,23-,24-,26-,30+,31-,32+/m1/s1. The van der Waals surface area contributed by atoms with Crippen LogP contribution < -0.4 is 0 Å². The van der Waals surface area contributed by atoms with Crippen LogP contribution in [-0.4, -0.2) is 57.3 Å². The van der Waals surface area contributed by atoms with Crippen LogP contribution in [0.2, 0.25) is 0 Å². The predicted octanol–water partition coefficient (Wildman–Crippen LogP) is 4.18. The molecule has 0 aromatic carbocycles. The van der Waals surface area contributed by atoms with Crippen molar-refractivity contribution in [3.63, 3.8) is 0 Å². The Bertz CT molecular complexity index is 1100. The molecule has 7 heteroatoms. The Balaban J connectivity index is 1.73. The maximum Gasteiger partial charge on any atom is 0.302 e. The van der Waals surface area contributed by atoms with Gasteiger partial charge < -0.3 is 20.1 Å². The van der Waals surface area contributed by atoms with Gasteiger partial charge in [0.05, 0.1) is 0 Å². The summed E-state index contributed by atoms with van der Waals surface area (Å²) in [6, 6.07) is 0. The van der Waals surface area contributed by atoms with Crippen LogP contribution in [0.4, 0.5) is 0 Å². The Kier molecular flexibility index (Phi) is 7.44. The van der Waals surface area contributed by atoms with Crippen LogP contribution in [0.15, 0.2) is 23.8 Å². The number of fused-ring (bicyclic) bond motifs is 5. The number of hydrogen-bond acceptors (Lipinski definition) is 7. The number of ketones is 2. The zero-order valence-corrected chi connectivity index (χ0v) is 24.9. The predicted molar refractivity (Wildman–Crippen MR) is 147 cm³/mol. The van der Waals surface area contributed by atoms with Gasteiger partial charge in [0.15, 0.2) is 11.6 Å². The third kappa shape index (κ3) is 4.47. The zero-order valence-electron chi connectivity index (χ0n) is 24.9. The highest BCUT2D eigenvalue weighted by molar-refractivity contribution is 5.95. The molecule has 39 heavy (non-hydrogen) atoms. The minimum absolute atomic E-state index is 0.0112. The van der Waals surface area contributed by atoms with Gasteiger partial charge in [0.25, 0.3) is 0 Å². The van der Waals surface area contributed by atoms with Gasteiger partial charge in [-0.3, -0.25) is 14.4 Å². The van der Waals surface area contributed by atoms with Gasteiger partial charge >= 0.3 is 5.97 Å². The molecule has 9 atom stereocenters. The molecule has 4 aliphatic rings. The summed E-state index contributed by atoms with van der Waals surface area (Å²) in [5, 5.41) is 31.3. The van der Waals surface area contributed by atoms with Gasteiger partial charge in [-0.25, -0.2) is 0 Å². The number of hydrogen-bond donors (Lipinski definition) is 3. The molecule has 3 N–H and O–H groups in total. The van der Waals surface area contributed by atoms with E-state index in [0.29, 0.717) is 12.8 Å². The minimum atomic E-state index is -1.65. The van der Waals surface area contributed by atoms with Crippen molar-refractivity contribution >= 4 is 17.5 Å². The molecular formula is C32H48O7. The number of allylic oxidation sites excluding steroid dienone is 3. The Morgan fingerprint density at radius 3 is 2.36 bits per heavy atom. The average molecular weight is 545 g/mol. The fraction of sp³-hybridized carbons (Fsp3) is 0.781. The van der Waals surface area contributed by atoms with Crippen molar-refractivity contribution in [3.05, 3.63) is 23.8 Å². The summed E-state index contributed by atoms with van der Waals surface area (Å²) in [6.07, 6.45) is 7.44. The van der Waals surface area contributed by atoms with Crippen LogP contribution in [-0.2, 0) is 19.1 Å². The Labute approximate surface area is 233 Å². The second-order valence-corrected chi connectivity index (χ2v) is 14.5. The molecule has 0 aromatic heterocycles. The second kappa shape index (κ2) is 9.63. The molecule has 0 aromatic rings. The van der Waals surface area contributed by atoms with Crippen LogP contribution in [0.1, 0.15) is 87.5 Å². The van der Waals surface area contributed by atoms with E-state index in [2.05, 4.69) is 32.9 Å². The first-order valence-electron chi connectivity index (χ1n) is 14.5. The fourth-order valence-electron chi connectivity index (χ4n) is 9.53. The molecule has 4 aliphatic carbocycles. The van der Waals surface area contributed by atoms with Crippen molar-refractivity contribution < 1.29 is 34.4 Å². The smallest absolute Gasteiger partial charge is 0.302 e. The molecule has 4 rings (SSSR count). The van der Waals surface area contributed by atoms with Crippen LogP contribution >= 0.6 is 0 Å². The maximum atomic E-state index is 13.0. The molecule has 0 unspecified atom stereocenters. The molecule has 2 saturated carbocycles. The molecule has 0 radical (unpaired) electrons. The quantitative estimate of drug-likeness (QED) is 0.325. The van der Waals surface area contributed by atoms with E-state index in [1.54, 1.807) is 6.08 Å². The summed E-state index contributed by atoms with van der Waals surface area (Å²) >= 11 is 0. The monoisotopic (exact) mass is 544 g/mol. The Morgan fingerprint density at radius 2 is 1.79 bits per heavy atom. The summed E-state index contributed by atoms with van der Waals surface area (Å²) in [4.78, 5) is 37.9. The highest BCUT2D eigenvalue weighted by Gasteiger charge is 2.68. The number of esters is 1. The molecule has 7 nitrogen and oxygen atoms in total. The minimum Gasteiger partial charge on any atom is -0.462 e. The van der Waals surface area contributed by atoms with E-state index >= 15 is 0 Å². The first-order chi connectivity index (χ1) is 17.8. The maximum absolute atomic E-state index is 13.0. The lowest BCUT2D eigenvalue weighted by Crippen LogP contribution is -2.64. The molecule has 0 amide bonds.